The monoisotopic (exact) mass is 400 g/mol. The number of nitrogens with zero attached hydrogens (tertiary/aromatic N) is 2. The number of imidazole rings is 1. The molecule has 0 spiro atoms. The van der Waals surface area contributed by atoms with Gasteiger partial charge in [-0.3, -0.25) is 14.5 Å². The number of amides is 1. The minimum absolute atomic E-state index is 0.0456. The van der Waals surface area contributed by atoms with Crippen LogP contribution in [-0.2, 0) is 20.5 Å². The van der Waals surface area contributed by atoms with Crippen molar-refractivity contribution in [2.75, 3.05) is 32.1 Å². The van der Waals surface area contributed by atoms with Crippen LogP contribution in [0.1, 0.15) is 26.1 Å². The number of ether oxygens (including phenoxy) is 1. The number of aromatic nitrogens is 2. The molecular formula is C18H23F3N4O3. The number of H-pyrrole nitrogens is 1. The molecule has 2 rings (SSSR count). The van der Waals surface area contributed by atoms with Gasteiger partial charge < -0.3 is 15.0 Å². The number of halogens is 3. The van der Waals surface area contributed by atoms with Gasteiger partial charge >= 0.3 is 12.1 Å². The van der Waals surface area contributed by atoms with E-state index >= 15 is 0 Å². The van der Waals surface area contributed by atoms with E-state index in [1.54, 1.807) is 0 Å². The fourth-order valence-electron chi connectivity index (χ4n) is 2.73. The molecule has 1 aromatic heterocycles. The van der Waals surface area contributed by atoms with Gasteiger partial charge in [-0.2, -0.15) is 13.2 Å². The molecule has 2 N–H and O–H groups in total. The predicted molar refractivity (Wildman–Crippen MR) is 97.6 cm³/mol. The number of carbonyl (C=O) groups excluding carboxylic acids is 2. The number of hydrogen-bond acceptors (Lipinski definition) is 5. The Hall–Kier alpha value is -2.62. The van der Waals surface area contributed by atoms with Crippen LogP contribution < -0.4 is 5.32 Å². The van der Waals surface area contributed by atoms with E-state index < -0.39 is 12.0 Å². The van der Waals surface area contributed by atoms with Crippen LogP contribution >= 0.6 is 0 Å². The topological polar surface area (TPSA) is 87.3 Å². The molecule has 0 radical (unpaired) electrons. The zero-order valence-electron chi connectivity index (χ0n) is 15.9. The summed E-state index contributed by atoms with van der Waals surface area (Å²) in [7, 11) is 1.30. The zero-order chi connectivity index (χ0) is 20.9. The van der Waals surface area contributed by atoms with Crippen LogP contribution in [-0.4, -0.2) is 53.5 Å². The Morgan fingerprint density at radius 3 is 2.64 bits per heavy atom. The van der Waals surface area contributed by atoms with Crippen molar-refractivity contribution in [1.29, 1.82) is 0 Å². The van der Waals surface area contributed by atoms with Crippen molar-refractivity contribution in [1.82, 2.24) is 14.9 Å². The van der Waals surface area contributed by atoms with Gasteiger partial charge in [0, 0.05) is 18.8 Å². The first-order valence-corrected chi connectivity index (χ1v) is 8.74. The molecular weight excluding hydrogens is 377 g/mol. The van der Waals surface area contributed by atoms with Gasteiger partial charge in [-0.25, -0.2) is 4.98 Å². The summed E-state index contributed by atoms with van der Waals surface area (Å²) < 4.78 is 42.8. The number of hydrogen-bond donors (Lipinski definition) is 2. The number of aromatic amines is 1. The van der Waals surface area contributed by atoms with Gasteiger partial charge in [-0.1, -0.05) is 13.8 Å². The van der Waals surface area contributed by atoms with E-state index in [0.717, 1.165) is 0 Å². The van der Waals surface area contributed by atoms with E-state index in [1.807, 2.05) is 18.7 Å². The van der Waals surface area contributed by atoms with Crippen LogP contribution in [0.3, 0.4) is 0 Å². The molecule has 1 heterocycles. The summed E-state index contributed by atoms with van der Waals surface area (Å²) >= 11 is 0. The van der Waals surface area contributed by atoms with E-state index in [-0.39, 0.29) is 41.8 Å². The molecule has 0 fully saturated rings. The van der Waals surface area contributed by atoms with Gasteiger partial charge in [0.1, 0.15) is 0 Å². The first kappa shape index (κ1) is 21.7. The van der Waals surface area contributed by atoms with Gasteiger partial charge in [0.05, 0.1) is 31.1 Å². The third-order valence-electron chi connectivity index (χ3n) is 3.88. The minimum atomic E-state index is -4.57. The summed E-state index contributed by atoms with van der Waals surface area (Å²) in [5, 5.41) is 2.66. The summed E-state index contributed by atoms with van der Waals surface area (Å²) in [6.07, 6.45) is -4.41. The Kier molecular flexibility index (Phi) is 7.00. The van der Waals surface area contributed by atoms with Crippen LogP contribution in [0.25, 0.3) is 11.0 Å². The first-order valence-electron chi connectivity index (χ1n) is 8.74. The number of esters is 1. The highest BCUT2D eigenvalue weighted by atomic mass is 19.4. The smallest absolute Gasteiger partial charge is 0.449 e. The molecule has 0 atom stereocenters. The predicted octanol–water partition coefficient (Wildman–Crippen LogP) is 3.04. The number of methoxy groups -OCH3 is 1. The quantitative estimate of drug-likeness (QED) is 0.665. The Bertz CT molecular complexity index is 833. The Balaban J connectivity index is 2.04. The molecule has 0 unspecified atom stereocenters. The standard InChI is InChI=1S/C18H23F3N4O3/c1-11(2)9-25(7-6-16(27)28-3)10-15(26)22-12-4-5-13-14(8-12)24-17(23-13)18(19,20)21/h4-5,8,11H,6-7,9-10H2,1-3H3,(H,22,26)(H,23,24). The Morgan fingerprint density at radius 1 is 1.32 bits per heavy atom. The molecule has 1 aromatic carbocycles. The van der Waals surface area contributed by atoms with Crippen LogP contribution in [0.4, 0.5) is 18.9 Å². The second-order valence-electron chi connectivity index (χ2n) is 6.82. The van der Waals surface area contributed by atoms with E-state index in [1.165, 1.54) is 25.3 Å². The summed E-state index contributed by atoms with van der Waals surface area (Å²) in [4.78, 5) is 31.2. The number of alkyl halides is 3. The van der Waals surface area contributed by atoms with E-state index in [9.17, 15) is 22.8 Å². The number of benzene rings is 1. The molecule has 0 saturated heterocycles. The summed E-state index contributed by atoms with van der Waals surface area (Å²) in [5.41, 5.74) is 0.687. The number of carbonyl (C=O) groups is 2. The lowest BCUT2D eigenvalue weighted by Gasteiger charge is -2.23. The average molecular weight is 400 g/mol. The van der Waals surface area contributed by atoms with Crippen LogP contribution in [0.15, 0.2) is 18.2 Å². The van der Waals surface area contributed by atoms with Gasteiger partial charge in [0.15, 0.2) is 0 Å². The second kappa shape index (κ2) is 9.05. The summed E-state index contributed by atoms with van der Waals surface area (Å²) in [6, 6.07) is 4.29. The molecule has 0 saturated carbocycles. The van der Waals surface area contributed by atoms with Gasteiger partial charge in [-0.05, 0) is 24.1 Å². The molecule has 0 aliphatic rings. The molecule has 10 heteroatoms. The maximum atomic E-state index is 12.7. The lowest BCUT2D eigenvalue weighted by molar-refractivity contribution is -0.144. The molecule has 28 heavy (non-hydrogen) atoms. The number of nitrogens with one attached hydrogen (secondary N) is 2. The fourth-order valence-corrected chi connectivity index (χ4v) is 2.73. The first-order chi connectivity index (χ1) is 13.1. The third-order valence-corrected chi connectivity index (χ3v) is 3.88. The highest BCUT2D eigenvalue weighted by Crippen LogP contribution is 2.29. The summed E-state index contributed by atoms with van der Waals surface area (Å²) in [6.45, 7) is 5.01. The van der Waals surface area contributed by atoms with Crippen molar-refractivity contribution >= 4 is 28.6 Å². The van der Waals surface area contributed by atoms with Crippen molar-refractivity contribution < 1.29 is 27.5 Å². The highest BCUT2D eigenvalue weighted by molar-refractivity contribution is 5.94. The molecule has 0 aliphatic heterocycles. The van der Waals surface area contributed by atoms with Gasteiger partial charge in [0.25, 0.3) is 0 Å². The average Bonchev–Trinajstić information content (AvgIpc) is 3.02. The number of anilines is 1. The normalized spacial score (nSPS) is 12.0. The second-order valence-corrected chi connectivity index (χ2v) is 6.82. The van der Waals surface area contributed by atoms with E-state index in [0.29, 0.717) is 18.8 Å². The van der Waals surface area contributed by atoms with Crippen LogP contribution in [0.2, 0.25) is 0 Å². The van der Waals surface area contributed by atoms with Crippen molar-refractivity contribution in [3.63, 3.8) is 0 Å². The van der Waals surface area contributed by atoms with Crippen LogP contribution in [0.5, 0.6) is 0 Å². The molecule has 0 bridgehead atoms. The Labute approximate surface area is 160 Å². The SMILES string of the molecule is COC(=O)CCN(CC(=O)Nc1ccc2nc(C(F)(F)F)[nH]c2c1)CC(C)C. The van der Waals surface area contributed by atoms with Crippen molar-refractivity contribution in [2.24, 2.45) is 5.92 Å². The number of rotatable bonds is 8. The fraction of sp³-hybridized carbons (Fsp3) is 0.500. The van der Waals surface area contributed by atoms with Gasteiger partial charge in [-0.15, -0.1) is 0 Å². The minimum Gasteiger partial charge on any atom is -0.469 e. The van der Waals surface area contributed by atoms with Gasteiger partial charge in [0.2, 0.25) is 11.7 Å². The number of fused-ring (bicyclic) bond motifs is 1. The lowest BCUT2D eigenvalue weighted by Crippen LogP contribution is -2.37. The highest BCUT2D eigenvalue weighted by Gasteiger charge is 2.34. The molecule has 2 aromatic rings. The third kappa shape index (κ3) is 6.22. The Morgan fingerprint density at radius 2 is 2.04 bits per heavy atom. The maximum Gasteiger partial charge on any atom is 0.449 e. The van der Waals surface area contributed by atoms with E-state index in [4.69, 9.17) is 0 Å². The molecule has 1 amide bonds. The van der Waals surface area contributed by atoms with Crippen molar-refractivity contribution in [3.05, 3.63) is 24.0 Å². The molecule has 154 valence electrons. The molecule has 7 nitrogen and oxygen atoms in total. The van der Waals surface area contributed by atoms with Crippen molar-refractivity contribution in [2.45, 2.75) is 26.4 Å². The van der Waals surface area contributed by atoms with Crippen molar-refractivity contribution in [3.8, 4) is 0 Å². The van der Waals surface area contributed by atoms with Crippen LogP contribution in [0, 0.1) is 5.92 Å². The largest absolute Gasteiger partial charge is 0.469 e. The lowest BCUT2D eigenvalue weighted by atomic mass is 10.2. The maximum absolute atomic E-state index is 12.7. The summed E-state index contributed by atoms with van der Waals surface area (Å²) in [5.74, 6) is -1.50. The van der Waals surface area contributed by atoms with E-state index in [2.05, 4.69) is 20.0 Å². The molecule has 0 aliphatic carbocycles. The zero-order valence-corrected chi connectivity index (χ0v) is 15.9.